The van der Waals surface area contributed by atoms with Crippen molar-refractivity contribution in [1.82, 2.24) is 9.13 Å². The van der Waals surface area contributed by atoms with Crippen molar-refractivity contribution >= 4 is 60.7 Å². The van der Waals surface area contributed by atoms with Crippen LogP contribution < -0.4 is 4.90 Å². The van der Waals surface area contributed by atoms with Gasteiger partial charge in [0.25, 0.3) is 0 Å². The van der Waals surface area contributed by atoms with E-state index >= 15 is 0 Å². The summed E-state index contributed by atoms with van der Waals surface area (Å²) in [5.41, 5.74) is 22.3. The Morgan fingerprint density at radius 1 is 0.271 bits per heavy atom. The van der Waals surface area contributed by atoms with Gasteiger partial charge in [0, 0.05) is 44.2 Å². The molecule has 0 saturated heterocycles. The Balaban J connectivity index is 1.07. The van der Waals surface area contributed by atoms with Crippen LogP contribution in [0.15, 0.2) is 261 Å². The summed E-state index contributed by atoms with van der Waals surface area (Å²) in [6, 6.07) is 96.8. The summed E-state index contributed by atoms with van der Waals surface area (Å²) < 4.78 is 4.98. The van der Waals surface area contributed by atoms with Crippen molar-refractivity contribution in [3.05, 3.63) is 283 Å². The highest BCUT2D eigenvalue weighted by Gasteiger charge is 2.52. The van der Waals surface area contributed by atoms with E-state index in [9.17, 15) is 0 Å². The molecule has 0 saturated carbocycles. The summed E-state index contributed by atoms with van der Waals surface area (Å²) in [7, 11) is 0. The molecule has 3 heterocycles. The van der Waals surface area contributed by atoms with Gasteiger partial charge in [-0.15, -0.1) is 0 Å². The molecule has 0 N–H and O–H groups in total. The van der Waals surface area contributed by atoms with Crippen LogP contribution in [0.4, 0.5) is 17.1 Å². The molecule has 0 fully saturated rings. The summed E-state index contributed by atoms with van der Waals surface area (Å²) in [5, 5.41) is 4.97. The number of anilines is 3. The third-order valence-corrected chi connectivity index (χ3v) is 15.3. The standard InChI is InChI=1S/C67H43N3/c1-3-20-44(21-4-1)45-22-17-25-47(42-45)70-62-37-14-9-28-51(62)53-30-18-31-54(66(53)70)52-29-19-34-59-65(52)55-43-48(69-60-35-12-7-26-49(60)50-27-8-13-36-61(50)69)40-41-56(55)67(59)57-32-10-15-38-63(57)68(46-23-5-2-6-24-46)64-39-16-11-33-58(64)67/h1-43H. The van der Waals surface area contributed by atoms with E-state index in [4.69, 9.17) is 0 Å². The lowest BCUT2D eigenvalue weighted by atomic mass is 9.64. The third-order valence-electron chi connectivity index (χ3n) is 15.3. The van der Waals surface area contributed by atoms with Gasteiger partial charge in [-0.3, -0.25) is 0 Å². The molecule has 0 atom stereocenters. The van der Waals surface area contributed by atoms with Crippen molar-refractivity contribution in [1.29, 1.82) is 0 Å². The molecule has 1 spiro atoms. The maximum atomic E-state index is 2.51. The van der Waals surface area contributed by atoms with Crippen LogP contribution in [-0.4, -0.2) is 9.13 Å². The van der Waals surface area contributed by atoms with Gasteiger partial charge in [-0.2, -0.15) is 0 Å². The van der Waals surface area contributed by atoms with Crippen LogP contribution in [-0.2, 0) is 5.41 Å². The van der Waals surface area contributed by atoms with Crippen molar-refractivity contribution in [2.45, 2.75) is 5.41 Å². The maximum absolute atomic E-state index is 2.51. The van der Waals surface area contributed by atoms with Crippen LogP contribution in [0.25, 0.3) is 88.4 Å². The molecule has 2 aliphatic rings. The molecule has 3 nitrogen and oxygen atoms in total. The average Bonchev–Trinajstić information content (AvgIpc) is 4.06. The van der Waals surface area contributed by atoms with Gasteiger partial charge < -0.3 is 14.0 Å². The first-order valence-corrected chi connectivity index (χ1v) is 24.3. The van der Waals surface area contributed by atoms with E-state index in [-0.39, 0.29) is 0 Å². The van der Waals surface area contributed by atoms with E-state index in [2.05, 4.69) is 275 Å². The maximum Gasteiger partial charge on any atom is 0.0754 e. The fraction of sp³-hybridized carbons (Fsp3) is 0.0149. The van der Waals surface area contributed by atoms with Gasteiger partial charge in [0.05, 0.1) is 38.9 Å². The van der Waals surface area contributed by atoms with Crippen molar-refractivity contribution in [2.24, 2.45) is 0 Å². The van der Waals surface area contributed by atoms with Crippen LogP contribution >= 0.6 is 0 Å². The largest absolute Gasteiger partial charge is 0.310 e. The lowest BCUT2D eigenvalue weighted by Crippen LogP contribution is -2.36. The second-order valence-electron chi connectivity index (χ2n) is 18.8. The van der Waals surface area contributed by atoms with E-state index < -0.39 is 5.41 Å². The van der Waals surface area contributed by atoms with Crippen LogP contribution in [0.2, 0.25) is 0 Å². The van der Waals surface area contributed by atoms with Gasteiger partial charge in [0.1, 0.15) is 0 Å². The predicted octanol–water partition coefficient (Wildman–Crippen LogP) is 17.4. The van der Waals surface area contributed by atoms with Crippen molar-refractivity contribution < 1.29 is 0 Å². The van der Waals surface area contributed by atoms with Crippen LogP contribution in [0.5, 0.6) is 0 Å². The molecule has 0 unspecified atom stereocenters. The number of nitrogens with zero attached hydrogens (tertiary/aromatic N) is 3. The molecule has 326 valence electrons. The monoisotopic (exact) mass is 889 g/mol. The van der Waals surface area contributed by atoms with Crippen molar-refractivity contribution in [3.8, 4) is 44.8 Å². The molecule has 1 aliphatic heterocycles. The zero-order valence-electron chi connectivity index (χ0n) is 38.2. The minimum absolute atomic E-state index is 0.636. The minimum atomic E-state index is -0.636. The normalized spacial score (nSPS) is 13.2. The molecule has 11 aromatic carbocycles. The summed E-state index contributed by atoms with van der Waals surface area (Å²) >= 11 is 0. The number of benzene rings is 11. The second-order valence-corrected chi connectivity index (χ2v) is 18.8. The Hall–Kier alpha value is -9.18. The first-order valence-electron chi connectivity index (χ1n) is 24.3. The zero-order chi connectivity index (χ0) is 45.9. The molecule has 15 rings (SSSR count). The number of aromatic nitrogens is 2. The lowest BCUT2D eigenvalue weighted by Gasteiger charge is -2.45. The Labute approximate surface area is 406 Å². The van der Waals surface area contributed by atoms with E-state index in [0.717, 1.165) is 17.1 Å². The molecule has 13 aromatic rings. The van der Waals surface area contributed by atoms with Crippen molar-refractivity contribution in [3.63, 3.8) is 0 Å². The Kier molecular flexibility index (Phi) is 8.28. The number of hydrogen-bond acceptors (Lipinski definition) is 1. The Morgan fingerprint density at radius 2 is 0.757 bits per heavy atom. The van der Waals surface area contributed by atoms with Gasteiger partial charge in [0.2, 0.25) is 0 Å². The SMILES string of the molecule is c1ccc(-c2cccc(-n3c4ccccc4c4cccc(-c5cccc6c5-c5cc(-n7c8ccccc8c8ccccc87)ccc5C65c6ccccc6N(c6ccccc6)c6ccccc65)c43)c2)cc1. The number of rotatable bonds is 5. The first kappa shape index (κ1) is 38.9. The molecule has 70 heavy (non-hydrogen) atoms. The molecule has 3 heteroatoms. The third kappa shape index (κ3) is 5.29. The topological polar surface area (TPSA) is 13.1 Å². The molecule has 1 aliphatic carbocycles. The van der Waals surface area contributed by atoms with Gasteiger partial charge in [-0.05, 0) is 117 Å². The molecule has 0 radical (unpaired) electrons. The lowest BCUT2D eigenvalue weighted by molar-refractivity contribution is 0.752. The molecular weight excluding hydrogens is 847 g/mol. The molecule has 0 bridgehead atoms. The van der Waals surface area contributed by atoms with E-state index in [1.807, 2.05) is 0 Å². The fourth-order valence-electron chi connectivity index (χ4n) is 12.6. The average molecular weight is 890 g/mol. The van der Waals surface area contributed by atoms with Gasteiger partial charge in [-0.1, -0.05) is 194 Å². The number of hydrogen-bond donors (Lipinski definition) is 0. The number of fused-ring (bicyclic) bond motifs is 15. The predicted molar refractivity (Wildman–Crippen MR) is 292 cm³/mol. The van der Waals surface area contributed by atoms with Gasteiger partial charge in [0.15, 0.2) is 0 Å². The summed E-state index contributed by atoms with van der Waals surface area (Å²) in [5.74, 6) is 0. The van der Waals surface area contributed by atoms with E-state index in [1.165, 1.54) is 111 Å². The van der Waals surface area contributed by atoms with Crippen LogP contribution in [0.1, 0.15) is 22.3 Å². The summed E-state index contributed by atoms with van der Waals surface area (Å²) in [6.07, 6.45) is 0. The van der Waals surface area contributed by atoms with Gasteiger partial charge >= 0.3 is 0 Å². The van der Waals surface area contributed by atoms with Crippen LogP contribution in [0, 0.1) is 0 Å². The first-order chi connectivity index (χ1) is 34.8. The quantitative estimate of drug-likeness (QED) is 0.168. The van der Waals surface area contributed by atoms with E-state index in [1.54, 1.807) is 0 Å². The summed E-state index contributed by atoms with van der Waals surface area (Å²) in [4.78, 5) is 2.46. The highest BCUT2D eigenvalue weighted by Crippen LogP contribution is 2.65. The van der Waals surface area contributed by atoms with Gasteiger partial charge in [-0.25, -0.2) is 0 Å². The molecule has 2 aromatic heterocycles. The van der Waals surface area contributed by atoms with Crippen molar-refractivity contribution in [2.75, 3.05) is 4.90 Å². The highest BCUT2D eigenvalue weighted by molar-refractivity contribution is 6.16. The van der Waals surface area contributed by atoms with E-state index in [0.29, 0.717) is 0 Å². The zero-order valence-corrected chi connectivity index (χ0v) is 38.2. The Bertz CT molecular complexity index is 4150. The Morgan fingerprint density at radius 3 is 1.46 bits per heavy atom. The highest BCUT2D eigenvalue weighted by atomic mass is 15.2. The second kappa shape index (κ2) is 14.9. The fourth-order valence-corrected chi connectivity index (χ4v) is 12.6. The molecule has 0 amide bonds. The minimum Gasteiger partial charge on any atom is -0.310 e. The molecular formula is C67H43N3. The number of para-hydroxylation sites is 7. The van der Waals surface area contributed by atoms with Crippen LogP contribution in [0.3, 0.4) is 0 Å². The smallest absolute Gasteiger partial charge is 0.0754 e. The summed E-state index contributed by atoms with van der Waals surface area (Å²) in [6.45, 7) is 0.